The lowest BCUT2D eigenvalue weighted by Gasteiger charge is -2.16. The number of nitrogens with zero attached hydrogens (tertiary/aromatic N) is 2. The van der Waals surface area contributed by atoms with Crippen molar-refractivity contribution < 1.29 is 13.2 Å². The van der Waals surface area contributed by atoms with E-state index >= 15 is 0 Å². The Balaban J connectivity index is 2.10. The molecule has 1 aromatic carbocycles. The third kappa shape index (κ3) is 3.43. The molecule has 0 fully saturated rings. The quantitative estimate of drug-likeness (QED) is 0.922. The molecule has 2 aromatic rings. The molecule has 0 radical (unpaired) electrons. The third-order valence-corrected chi connectivity index (χ3v) is 2.68. The van der Waals surface area contributed by atoms with Crippen molar-refractivity contribution in [3.8, 4) is 0 Å². The summed E-state index contributed by atoms with van der Waals surface area (Å²) >= 11 is 0. The summed E-state index contributed by atoms with van der Waals surface area (Å²) in [5.74, 6) is 0. The van der Waals surface area contributed by atoms with Crippen LogP contribution in [0.1, 0.15) is 24.1 Å². The fourth-order valence-corrected chi connectivity index (χ4v) is 1.67. The van der Waals surface area contributed by atoms with Crippen molar-refractivity contribution in [1.82, 2.24) is 9.97 Å². The number of anilines is 1. The number of halogens is 3. The molecule has 0 bridgehead atoms. The van der Waals surface area contributed by atoms with Crippen molar-refractivity contribution in [3.05, 3.63) is 54.1 Å². The van der Waals surface area contributed by atoms with Crippen molar-refractivity contribution in [2.24, 2.45) is 0 Å². The van der Waals surface area contributed by atoms with Crippen molar-refractivity contribution in [2.45, 2.75) is 19.1 Å². The molecule has 100 valence electrons. The van der Waals surface area contributed by atoms with E-state index in [0.29, 0.717) is 0 Å². The summed E-state index contributed by atoms with van der Waals surface area (Å²) in [6, 6.07) is 4.95. The topological polar surface area (TPSA) is 37.8 Å². The molecular weight excluding hydrogens is 255 g/mol. The van der Waals surface area contributed by atoms with Crippen LogP contribution in [0.15, 0.2) is 43.0 Å². The van der Waals surface area contributed by atoms with Gasteiger partial charge in [0.2, 0.25) is 0 Å². The molecule has 0 aliphatic heterocycles. The highest BCUT2D eigenvalue weighted by Crippen LogP contribution is 2.30. The van der Waals surface area contributed by atoms with Crippen LogP contribution in [0.25, 0.3) is 0 Å². The Labute approximate surface area is 108 Å². The van der Waals surface area contributed by atoms with Gasteiger partial charge in [-0.2, -0.15) is 13.2 Å². The molecule has 3 nitrogen and oxygen atoms in total. The zero-order valence-corrected chi connectivity index (χ0v) is 10.1. The van der Waals surface area contributed by atoms with Gasteiger partial charge in [-0.1, -0.05) is 12.1 Å². The molecule has 1 heterocycles. The first-order valence-corrected chi connectivity index (χ1v) is 5.65. The van der Waals surface area contributed by atoms with E-state index in [-0.39, 0.29) is 6.04 Å². The molecule has 1 atom stereocenters. The number of rotatable bonds is 3. The van der Waals surface area contributed by atoms with Crippen LogP contribution in [0.3, 0.4) is 0 Å². The number of hydrogen-bond donors (Lipinski definition) is 1. The maximum Gasteiger partial charge on any atom is 0.416 e. The Hall–Kier alpha value is -2.11. The van der Waals surface area contributed by atoms with Crippen LogP contribution in [0, 0.1) is 0 Å². The third-order valence-electron chi connectivity index (χ3n) is 2.68. The number of alkyl halides is 3. The predicted octanol–water partition coefficient (Wildman–Crippen LogP) is 3.67. The highest BCUT2D eigenvalue weighted by Gasteiger charge is 2.30. The maximum absolute atomic E-state index is 12.4. The van der Waals surface area contributed by atoms with Crippen molar-refractivity contribution >= 4 is 5.69 Å². The van der Waals surface area contributed by atoms with Gasteiger partial charge in [-0.3, -0.25) is 0 Å². The minimum Gasteiger partial charge on any atom is -0.376 e. The zero-order valence-electron chi connectivity index (χ0n) is 10.1. The first kappa shape index (κ1) is 13.3. The van der Waals surface area contributed by atoms with E-state index in [9.17, 15) is 13.2 Å². The van der Waals surface area contributed by atoms with E-state index < -0.39 is 11.7 Å². The summed E-state index contributed by atoms with van der Waals surface area (Å²) in [5, 5.41) is 3.11. The van der Waals surface area contributed by atoms with Gasteiger partial charge in [-0.15, -0.1) is 0 Å². The van der Waals surface area contributed by atoms with Crippen LogP contribution >= 0.6 is 0 Å². The van der Waals surface area contributed by atoms with Gasteiger partial charge < -0.3 is 5.32 Å². The van der Waals surface area contributed by atoms with Gasteiger partial charge in [0.15, 0.2) is 0 Å². The Morgan fingerprint density at radius 3 is 2.16 bits per heavy atom. The van der Waals surface area contributed by atoms with Gasteiger partial charge in [0.1, 0.15) is 6.33 Å². The summed E-state index contributed by atoms with van der Waals surface area (Å²) in [6.07, 6.45) is 0.317. The van der Waals surface area contributed by atoms with Gasteiger partial charge in [0.25, 0.3) is 0 Å². The van der Waals surface area contributed by atoms with Crippen LogP contribution in [-0.4, -0.2) is 9.97 Å². The molecule has 1 aromatic heterocycles. The lowest BCUT2D eigenvalue weighted by molar-refractivity contribution is -0.137. The minimum absolute atomic E-state index is 0.131. The SMILES string of the molecule is CC(Nc1cncnc1)c1ccc(C(F)(F)F)cc1. The standard InChI is InChI=1S/C13H12F3N3/c1-9(19-12-6-17-8-18-7-12)10-2-4-11(5-3-10)13(14,15)16/h2-9,19H,1H3. The smallest absolute Gasteiger partial charge is 0.376 e. The number of hydrogen-bond acceptors (Lipinski definition) is 3. The molecule has 0 spiro atoms. The van der Waals surface area contributed by atoms with E-state index in [1.165, 1.54) is 18.5 Å². The van der Waals surface area contributed by atoms with Gasteiger partial charge >= 0.3 is 6.18 Å². The first-order chi connectivity index (χ1) is 8.97. The fraction of sp³-hybridized carbons (Fsp3) is 0.231. The largest absolute Gasteiger partial charge is 0.416 e. The normalized spacial score (nSPS) is 13.1. The average molecular weight is 267 g/mol. The summed E-state index contributed by atoms with van der Waals surface area (Å²) in [7, 11) is 0. The molecule has 0 amide bonds. The molecule has 0 saturated heterocycles. The second kappa shape index (κ2) is 5.26. The fourth-order valence-electron chi connectivity index (χ4n) is 1.67. The Morgan fingerprint density at radius 2 is 1.63 bits per heavy atom. The Bertz CT molecular complexity index is 523. The van der Waals surface area contributed by atoms with Crippen LogP contribution in [0.5, 0.6) is 0 Å². The van der Waals surface area contributed by atoms with Crippen LogP contribution < -0.4 is 5.32 Å². The summed E-state index contributed by atoms with van der Waals surface area (Å²) in [6.45, 7) is 1.86. The van der Waals surface area contributed by atoms with Gasteiger partial charge in [0, 0.05) is 6.04 Å². The van der Waals surface area contributed by atoms with E-state index in [0.717, 1.165) is 23.4 Å². The molecule has 19 heavy (non-hydrogen) atoms. The maximum atomic E-state index is 12.4. The summed E-state index contributed by atoms with van der Waals surface area (Å²) in [5.41, 5.74) is 0.832. The Kier molecular flexibility index (Phi) is 3.69. The lowest BCUT2D eigenvalue weighted by atomic mass is 10.1. The molecule has 1 N–H and O–H groups in total. The number of benzene rings is 1. The van der Waals surface area contributed by atoms with Gasteiger partial charge in [-0.25, -0.2) is 9.97 Å². The number of nitrogens with one attached hydrogen (secondary N) is 1. The highest BCUT2D eigenvalue weighted by atomic mass is 19.4. The van der Waals surface area contributed by atoms with Crippen LogP contribution in [0.2, 0.25) is 0 Å². The first-order valence-electron chi connectivity index (χ1n) is 5.65. The Morgan fingerprint density at radius 1 is 1.05 bits per heavy atom. The van der Waals surface area contributed by atoms with Crippen molar-refractivity contribution in [3.63, 3.8) is 0 Å². The van der Waals surface area contributed by atoms with Gasteiger partial charge in [0.05, 0.1) is 23.6 Å². The average Bonchev–Trinajstić information content (AvgIpc) is 2.39. The monoisotopic (exact) mass is 267 g/mol. The van der Waals surface area contributed by atoms with E-state index in [2.05, 4.69) is 15.3 Å². The van der Waals surface area contributed by atoms with Crippen LogP contribution in [0.4, 0.5) is 18.9 Å². The second-order valence-electron chi connectivity index (χ2n) is 4.11. The minimum atomic E-state index is -4.30. The zero-order chi connectivity index (χ0) is 13.9. The predicted molar refractivity (Wildman–Crippen MR) is 65.5 cm³/mol. The second-order valence-corrected chi connectivity index (χ2v) is 4.11. The summed E-state index contributed by atoms with van der Waals surface area (Å²) in [4.78, 5) is 7.71. The summed E-state index contributed by atoms with van der Waals surface area (Å²) < 4.78 is 37.3. The van der Waals surface area contributed by atoms with E-state index in [1.807, 2.05) is 6.92 Å². The molecular formula is C13H12F3N3. The van der Waals surface area contributed by atoms with E-state index in [4.69, 9.17) is 0 Å². The van der Waals surface area contributed by atoms with Crippen LogP contribution in [-0.2, 0) is 6.18 Å². The molecule has 1 unspecified atom stereocenters. The van der Waals surface area contributed by atoms with E-state index in [1.54, 1.807) is 12.4 Å². The number of aromatic nitrogens is 2. The molecule has 0 aliphatic carbocycles. The van der Waals surface area contributed by atoms with Crippen molar-refractivity contribution in [2.75, 3.05) is 5.32 Å². The molecule has 0 saturated carbocycles. The molecule has 2 rings (SSSR count). The van der Waals surface area contributed by atoms with Crippen molar-refractivity contribution in [1.29, 1.82) is 0 Å². The molecule has 0 aliphatic rings. The lowest BCUT2D eigenvalue weighted by Crippen LogP contribution is -2.09. The van der Waals surface area contributed by atoms with Gasteiger partial charge in [-0.05, 0) is 24.6 Å². The molecule has 6 heteroatoms. The highest BCUT2D eigenvalue weighted by molar-refractivity contribution is 5.41.